The van der Waals surface area contributed by atoms with Crippen LogP contribution in [0.15, 0.2) is 67.1 Å². The topological polar surface area (TPSA) is 58.4 Å². The standard InChI is InChI=1S/C25H27BN6/c26-22-17-29-32-24(28-16-20-8-4-11-27-15-20)14-23(30-25(22)32)21-9-5-12-31(18-21)13-10-19-6-2-1-3-7-19/h1-4,6-8,11,14-15,17,21,28H,5,9-10,12-13,16,18H2. The fourth-order valence-electron chi connectivity index (χ4n) is 4.46. The second-order valence-corrected chi connectivity index (χ2v) is 8.49. The van der Waals surface area contributed by atoms with Gasteiger partial charge in [0.1, 0.15) is 13.7 Å². The number of nitrogens with one attached hydrogen (secondary N) is 1. The molecule has 32 heavy (non-hydrogen) atoms. The molecule has 5 rings (SSSR count). The van der Waals surface area contributed by atoms with Crippen LogP contribution in [0.2, 0.25) is 0 Å². The molecule has 2 radical (unpaired) electrons. The highest BCUT2D eigenvalue weighted by molar-refractivity contribution is 6.36. The van der Waals surface area contributed by atoms with Gasteiger partial charge in [-0.2, -0.15) is 9.61 Å². The van der Waals surface area contributed by atoms with Crippen LogP contribution in [0, 0.1) is 0 Å². The maximum atomic E-state index is 6.20. The predicted octanol–water partition coefficient (Wildman–Crippen LogP) is 2.95. The molecule has 0 spiro atoms. The summed E-state index contributed by atoms with van der Waals surface area (Å²) in [5, 5.41) is 7.94. The Hall–Kier alpha value is -3.19. The maximum absolute atomic E-state index is 6.20. The van der Waals surface area contributed by atoms with E-state index in [0.29, 0.717) is 17.9 Å². The molecule has 0 aliphatic carbocycles. The van der Waals surface area contributed by atoms with Crippen LogP contribution in [0.5, 0.6) is 0 Å². The quantitative estimate of drug-likeness (QED) is 0.464. The molecule has 4 aromatic rings. The van der Waals surface area contributed by atoms with Crippen molar-refractivity contribution < 1.29 is 0 Å². The number of nitrogens with zero attached hydrogens (tertiary/aromatic N) is 5. The molecule has 1 atom stereocenters. The lowest BCUT2D eigenvalue weighted by molar-refractivity contribution is 0.208. The van der Waals surface area contributed by atoms with Crippen molar-refractivity contribution in [2.45, 2.75) is 31.7 Å². The zero-order chi connectivity index (χ0) is 21.8. The second-order valence-electron chi connectivity index (χ2n) is 8.49. The highest BCUT2D eigenvalue weighted by atomic mass is 15.3. The fourth-order valence-corrected chi connectivity index (χ4v) is 4.46. The van der Waals surface area contributed by atoms with Gasteiger partial charge >= 0.3 is 0 Å². The Balaban J connectivity index is 1.34. The molecule has 7 heteroatoms. The minimum atomic E-state index is 0.387. The number of hydrogen-bond donors (Lipinski definition) is 1. The summed E-state index contributed by atoms with van der Waals surface area (Å²) < 4.78 is 1.80. The fraction of sp³-hybridized carbons (Fsp3) is 0.320. The molecule has 1 aliphatic rings. The van der Waals surface area contributed by atoms with Gasteiger partial charge in [-0.15, -0.1) is 0 Å². The first-order valence-electron chi connectivity index (χ1n) is 11.3. The molecule has 1 aromatic carbocycles. The number of aromatic nitrogens is 4. The van der Waals surface area contributed by atoms with E-state index < -0.39 is 0 Å². The number of anilines is 1. The van der Waals surface area contributed by atoms with Gasteiger partial charge in [-0.1, -0.05) is 36.4 Å². The molecular weight excluding hydrogens is 395 g/mol. The molecule has 1 saturated heterocycles. The molecule has 0 amide bonds. The van der Waals surface area contributed by atoms with Gasteiger partial charge < -0.3 is 10.2 Å². The molecule has 1 unspecified atom stereocenters. The molecular formula is C25H27BN6. The van der Waals surface area contributed by atoms with E-state index in [1.54, 1.807) is 16.9 Å². The first-order valence-corrected chi connectivity index (χ1v) is 11.3. The van der Waals surface area contributed by atoms with Crippen LogP contribution in [0.1, 0.15) is 35.6 Å². The summed E-state index contributed by atoms with van der Waals surface area (Å²) in [7, 11) is 6.20. The highest BCUT2D eigenvalue weighted by Gasteiger charge is 2.24. The largest absolute Gasteiger partial charge is 0.366 e. The Morgan fingerprint density at radius 2 is 1.94 bits per heavy atom. The Morgan fingerprint density at radius 1 is 1.06 bits per heavy atom. The summed E-state index contributed by atoms with van der Waals surface area (Å²) in [4.78, 5) is 11.7. The van der Waals surface area contributed by atoms with Crippen LogP contribution in [0.3, 0.4) is 0 Å². The minimum Gasteiger partial charge on any atom is -0.366 e. The van der Waals surface area contributed by atoms with E-state index in [2.05, 4.69) is 62.8 Å². The van der Waals surface area contributed by atoms with Crippen molar-refractivity contribution in [2.75, 3.05) is 25.0 Å². The van der Waals surface area contributed by atoms with E-state index in [4.69, 9.17) is 12.8 Å². The smallest absolute Gasteiger partial charge is 0.150 e. The summed E-state index contributed by atoms with van der Waals surface area (Å²) in [5.41, 5.74) is 4.92. The van der Waals surface area contributed by atoms with Crippen molar-refractivity contribution in [1.82, 2.24) is 24.5 Å². The van der Waals surface area contributed by atoms with Gasteiger partial charge in [-0.05, 0) is 48.5 Å². The number of pyridine rings is 1. The van der Waals surface area contributed by atoms with Gasteiger partial charge in [-0.3, -0.25) is 4.98 Å². The van der Waals surface area contributed by atoms with Crippen LogP contribution in [-0.4, -0.2) is 52.0 Å². The average Bonchev–Trinajstić information content (AvgIpc) is 3.23. The summed E-state index contributed by atoms with van der Waals surface area (Å²) >= 11 is 0. The lowest BCUT2D eigenvalue weighted by atomic mass is 9.93. The molecule has 4 heterocycles. The number of fused-ring (bicyclic) bond motifs is 1. The number of likely N-dealkylation sites (tertiary alicyclic amines) is 1. The van der Waals surface area contributed by atoms with Gasteiger partial charge in [0.05, 0.1) is 5.69 Å². The monoisotopic (exact) mass is 422 g/mol. The van der Waals surface area contributed by atoms with Crippen LogP contribution in [0.4, 0.5) is 5.82 Å². The van der Waals surface area contributed by atoms with Crippen LogP contribution in [-0.2, 0) is 13.0 Å². The molecule has 1 N–H and O–H groups in total. The SMILES string of the molecule is [B]c1cnn2c(NCc3cccnc3)cc(C3CCCN(CCc4ccccc4)C3)nc12. The molecule has 0 bridgehead atoms. The zero-order valence-electron chi connectivity index (χ0n) is 18.2. The molecule has 6 nitrogen and oxygen atoms in total. The Labute approximate surface area is 190 Å². The third kappa shape index (κ3) is 4.68. The summed E-state index contributed by atoms with van der Waals surface area (Å²) in [6.45, 7) is 3.91. The van der Waals surface area contributed by atoms with Gasteiger partial charge in [0.2, 0.25) is 0 Å². The van der Waals surface area contributed by atoms with Crippen molar-refractivity contribution in [1.29, 1.82) is 0 Å². The summed E-state index contributed by atoms with van der Waals surface area (Å²) in [5.74, 6) is 1.30. The van der Waals surface area contributed by atoms with E-state index in [-0.39, 0.29) is 0 Å². The van der Waals surface area contributed by atoms with Gasteiger partial charge in [0.15, 0.2) is 5.65 Å². The van der Waals surface area contributed by atoms with E-state index in [9.17, 15) is 0 Å². The number of hydrogen-bond acceptors (Lipinski definition) is 5. The van der Waals surface area contributed by atoms with E-state index in [1.807, 2.05) is 12.3 Å². The highest BCUT2D eigenvalue weighted by Crippen LogP contribution is 2.28. The van der Waals surface area contributed by atoms with Crippen LogP contribution >= 0.6 is 0 Å². The van der Waals surface area contributed by atoms with Crippen molar-refractivity contribution in [3.05, 3.63) is 83.9 Å². The van der Waals surface area contributed by atoms with Crippen LogP contribution < -0.4 is 10.8 Å². The van der Waals surface area contributed by atoms with E-state index in [1.165, 1.54) is 12.0 Å². The van der Waals surface area contributed by atoms with Gasteiger partial charge in [0, 0.05) is 50.2 Å². The Kier molecular flexibility index (Phi) is 6.16. The van der Waals surface area contributed by atoms with Crippen molar-refractivity contribution in [3.8, 4) is 0 Å². The molecule has 1 fully saturated rings. The first-order chi connectivity index (χ1) is 15.8. The van der Waals surface area contributed by atoms with Crippen LogP contribution in [0.25, 0.3) is 5.65 Å². The summed E-state index contributed by atoms with van der Waals surface area (Å²) in [6.07, 6.45) is 8.73. The summed E-state index contributed by atoms with van der Waals surface area (Å²) in [6, 6.07) is 16.9. The first kappa shape index (κ1) is 20.7. The minimum absolute atomic E-state index is 0.387. The maximum Gasteiger partial charge on any atom is 0.150 e. The molecule has 1 aliphatic heterocycles. The lowest BCUT2D eigenvalue weighted by Crippen LogP contribution is -2.36. The van der Waals surface area contributed by atoms with Crippen molar-refractivity contribution in [3.63, 3.8) is 0 Å². The second kappa shape index (κ2) is 9.53. The average molecular weight is 422 g/mol. The third-order valence-electron chi connectivity index (χ3n) is 6.20. The Morgan fingerprint density at radius 3 is 2.78 bits per heavy atom. The van der Waals surface area contributed by atoms with Gasteiger partial charge in [-0.25, -0.2) is 4.98 Å². The number of rotatable bonds is 7. The van der Waals surface area contributed by atoms with Crippen molar-refractivity contribution >= 4 is 24.8 Å². The molecule has 160 valence electrons. The zero-order valence-corrected chi connectivity index (χ0v) is 18.2. The molecule has 0 saturated carbocycles. The van der Waals surface area contributed by atoms with E-state index in [0.717, 1.165) is 55.2 Å². The normalized spacial score (nSPS) is 16.9. The predicted molar refractivity (Wildman–Crippen MR) is 128 cm³/mol. The lowest BCUT2D eigenvalue weighted by Gasteiger charge is -2.32. The van der Waals surface area contributed by atoms with Crippen molar-refractivity contribution in [2.24, 2.45) is 0 Å². The number of benzene rings is 1. The molecule has 3 aromatic heterocycles. The van der Waals surface area contributed by atoms with Gasteiger partial charge in [0.25, 0.3) is 0 Å². The Bertz CT molecular complexity index is 1160. The third-order valence-corrected chi connectivity index (χ3v) is 6.20. The van der Waals surface area contributed by atoms with E-state index >= 15 is 0 Å². The number of piperidine rings is 1.